The summed E-state index contributed by atoms with van der Waals surface area (Å²) in [5, 5.41) is 1.44. The summed E-state index contributed by atoms with van der Waals surface area (Å²) in [6.07, 6.45) is 12.7. The molecule has 3 aliphatic rings. The van der Waals surface area contributed by atoms with Crippen molar-refractivity contribution in [1.82, 2.24) is 19.5 Å². The Hall–Kier alpha value is -5.35. The number of allylic oxidation sites excluding steroid dienone is 5. The predicted molar refractivity (Wildman–Crippen MR) is 198 cm³/mol. The number of rotatable bonds is 4. The minimum absolute atomic E-state index is 0.0275. The highest BCUT2D eigenvalue weighted by Crippen LogP contribution is 2.54. The zero-order valence-corrected chi connectivity index (χ0v) is 27.9. The monoisotopic (exact) mass is 622 g/mol. The first-order valence-corrected chi connectivity index (χ1v) is 17.1. The van der Waals surface area contributed by atoms with Gasteiger partial charge in [0, 0.05) is 38.7 Å². The number of fused-ring (bicyclic) bond motifs is 7. The van der Waals surface area contributed by atoms with Crippen LogP contribution in [0, 0.1) is 5.92 Å². The van der Waals surface area contributed by atoms with Crippen LogP contribution in [0.3, 0.4) is 0 Å². The molecule has 3 aliphatic carbocycles. The van der Waals surface area contributed by atoms with E-state index in [0.717, 1.165) is 23.1 Å². The largest absolute Gasteiger partial charge is 0.333 e. The van der Waals surface area contributed by atoms with E-state index in [4.69, 9.17) is 15.0 Å². The lowest BCUT2D eigenvalue weighted by Gasteiger charge is -2.28. The van der Waals surface area contributed by atoms with Gasteiger partial charge in [-0.3, -0.25) is 0 Å². The van der Waals surface area contributed by atoms with Gasteiger partial charge in [0.2, 0.25) is 0 Å². The second-order valence-corrected chi connectivity index (χ2v) is 14.1. The fourth-order valence-electron chi connectivity index (χ4n) is 8.36. The zero-order chi connectivity index (χ0) is 32.6. The van der Waals surface area contributed by atoms with E-state index < -0.39 is 0 Å². The Balaban J connectivity index is 1.18. The summed E-state index contributed by atoms with van der Waals surface area (Å²) in [6.45, 7) is 9.47. The lowest BCUT2D eigenvalue weighted by molar-refractivity contribution is 0.495. The molecule has 234 valence electrons. The Morgan fingerprint density at radius 3 is 2.02 bits per heavy atom. The molecule has 0 saturated carbocycles. The van der Waals surface area contributed by atoms with Crippen LogP contribution in [-0.4, -0.2) is 19.5 Å². The van der Waals surface area contributed by atoms with Gasteiger partial charge in [0.1, 0.15) is 0 Å². The summed E-state index contributed by atoms with van der Waals surface area (Å²) in [6, 6.07) is 34.4. The van der Waals surface area contributed by atoms with Gasteiger partial charge in [-0.2, -0.15) is 0 Å². The Morgan fingerprint density at radius 1 is 0.688 bits per heavy atom. The molecule has 0 N–H and O–H groups in total. The summed E-state index contributed by atoms with van der Waals surface area (Å²) in [5.74, 6) is 2.73. The van der Waals surface area contributed by atoms with Gasteiger partial charge in [-0.15, -0.1) is 0 Å². The molecular formula is C44H38N4. The van der Waals surface area contributed by atoms with Crippen molar-refractivity contribution in [3.05, 3.63) is 150 Å². The highest BCUT2D eigenvalue weighted by molar-refractivity contribution is 6.06. The second kappa shape index (κ2) is 10.8. The van der Waals surface area contributed by atoms with E-state index in [1.165, 1.54) is 44.4 Å². The van der Waals surface area contributed by atoms with Gasteiger partial charge in [-0.05, 0) is 58.2 Å². The summed E-state index contributed by atoms with van der Waals surface area (Å²) < 4.78 is 2.61. The standard InChI is InChI=1S/C44H38N4/c1-27-14-13-21-36-38(27)40-37(25-23-34-39(40)32-19-11-12-20-33(32)44(34,3)4)48(36)35-24-22-31(26-28(35)2)43-46-41(29-15-7-5-8-16-29)45-42(47-43)30-17-9-6-10-18-30/h5-13,15-28,35H,14H2,1-4H3. The molecule has 2 heterocycles. The molecule has 3 atom stereocenters. The molecule has 48 heavy (non-hydrogen) atoms. The van der Waals surface area contributed by atoms with Gasteiger partial charge in [0.15, 0.2) is 17.5 Å². The van der Waals surface area contributed by atoms with Crippen LogP contribution in [0.5, 0.6) is 0 Å². The molecule has 2 aromatic heterocycles. The van der Waals surface area contributed by atoms with Crippen LogP contribution in [0.4, 0.5) is 0 Å². The van der Waals surface area contributed by atoms with E-state index in [-0.39, 0.29) is 17.4 Å². The minimum atomic E-state index is -0.0275. The SMILES string of the molecule is CC1CC=Cc2c1c1c3c(ccc1n2C1C=CC(c2nc(-c4ccccc4)nc(-c4ccccc4)n2)=CC1C)C(C)(C)c1ccccc1-3. The molecule has 3 unspecified atom stereocenters. The van der Waals surface area contributed by atoms with Crippen molar-refractivity contribution in [3.63, 3.8) is 0 Å². The third-order valence-corrected chi connectivity index (χ3v) is 10.8. The van der Waals surface area contributed by atoms with E-state index in [1.54, 1.807) is 0 Å². The van der Waals surface area contributed by atoms with Gasteiger partial charge in [-0.1, -0.05) is 143 Å². The quantitative estimate of drug-likeness (QED) is 0.196. The van der Waals surface area contributed by atoms with E-state index in [9.17, 15) is 0 Å². The maximum atomic E-state index is 5.02. The fourth-order valence-corrected chi connectivity index (χ4v) is 8.36. The molecule has 0 fully saturated rings. The lowest BCUT2D eigenvalue weighted by Crippen LogP contribution is -2.19. The number of aromatic nitrogens is 4. The molecule has 0 radical (unpaired) electrons. The lowest BCUT2D eigenvalue weighted by atomic mass is 9.82. The average molecular weight is 623 g/mol. The normalized spacial score (nSPS) is 20.3. The van der Waals surface area contributed by atoms with Crippen LogP contribution in [0.2, 0.25) is 0 Å². The van der Waals surface area contributed by atoms with Crippen molar-refractivity contribution >= 4 is 22.6 Å². The molecule has 0 spiro atoms. The van der Waals surface area contributed by atoms with E-state index in [0.29, 0.717) is 23.4 Å². The third kappa shape index (κ3) is 4.32. The van der Waals surface area contributed by atoms with Crippen LogP contribution < -0.4 is 0 Å². The molecule has 4 nitrogen and oxygen atoms in total. The van der Waals surface area contributed by atoms with Crippen molar-refractivity contribution in [1.29, 1.82) is 0 Å². The van der Waals surface area contributed by atoms with Gasteiger partial charge in [0.25, 0.3) is 0 Å². The third-order valence-electron chi connectivity index (χ3n) is 10.8. The minimum Gasteiger partial charge on any atom is -0.333 e. The fraction of sp³-hybridized carbons (Fsp3) is 0.205. The molecule has 0 bridgehead atoms. The number of benzene rings is 4. The molecule has 4 heteroatoms. The van der Waals surface area contributed by atoms with Gasteiger partial charge >= 0.3 is 0 Å². The van der Waals surface area contributed by atoms with E-state index in [2.05, 4.69) is 123 Å². The van der Waals surface area contributed by atoms with Crippen molar-refractivity contribution < 1.29 is 0 Å². The molecule has 4 aromatic carbocycles. The average Bonchev–Trinajstić information content (AvgIpc) is 3.58. The maximum Gasteiger partial charge on any atom is 0.164 e. The number of hydrogen-bond donors (Lipinski definition) is 0. The molecule has 0 amide bonds. The Kier molecular flexibility index (Phi) is 6.52. The van der Waals surface area contributed by atoms with Crippen molar-refractivity contribution in [2.75, 3.05) is 0 Å². The zero-order valence-electron chi connectivity index (χ0n) is 27.9. The smallest absolute Gasteiger partial charge is 0.164 e. The first-order chi connectivity index (χ1) is 23.4. The summed E-state index contributed by atoms with van der Waals surface area (Å²) in [5.41, 5.74) is 12.8. The van der Waals surface area contributed by atoms with Crippen LogP contribution in [0.15, 0.2) is 121 Å². The number of hydrogen-bond acceptors (Lipinski definition) is 3. The first-order valence-electron chi connectivity index (χ1n) is 17.1. The number of nitrogens with zero attached hydrogens (tertiary/aromatic N) is 4. The van der Waals surface area contributed by atoms with Crippen LogP contribution in [0.25, 0.3) is 56.5 Å². The Morgan fingerprint density at radius 2 is 1.33 bits per heavy atom. The summed E-state index contributed by atoms with van der Waals surface area (Å²) in [7, 11) is 0. The van der Waals surface area contributed by atoms with Crippen LogP contribution in [0.1, 0.15) is 74.3 Å². The maximum absolute atomic E-state index is 5.02. The summed E-state index contributed by atoms with van der Waals surface area (Å²) in [4.78, 5) is 14.9. The Bertz CT molecular complexity index is 2260. The van der Waals surface area contributed by atoms with Gasteiger partial charge in [-0.25, -0.2) is 15.0 Å². The molecule has 0 aliphatic heterocycles. The van der Waals surface area contributed by atoms with Gasteiger partial charge < -0.3 is 4.57 Å². The molecule has 6 aromatic rings. The van der Waals surface area contributed by atoms with Crippen molar-refractivity contribution in [3.8, 4) is 33.9 Å². The van der Waals surface area contributed by atoms with Crippen molar-refractivity contribution in [2.24, 2.45) is 5.92 Å². The van der Waals surface area contributed by atoms with Crippen LogP contribution in [-0.2, 0) is 5.41 Å². The predicted octanol–water partition coefficient (Wildman–Crippen LogP) is 10.8. The highest BCUT2D eigenvalue weighted by atomic mass is 15.0. The topological polar surface area (TPSA) is 43.6 Å². The molecule has 9 rings (SSSR count). The van der Waals surface area contributed by atoms with Gasteiger partial charge in [0.05, 0.1) is 6.04 Å². The summed E-state index contributed by atoms with van der Waals surface area (Å²) >= 11 is 0. The van der Waals surface area contributed by atoms with E-state index in [1.807, 2.05) is 36.4 Å². The van der Waals surface area contributed by atoms with Crippen molar-refractivity contribution in [2.45, 2.75) is 51.5 Å². The highest BCUT2D eigenvalue weighted by Gasteiger charge is 2.39. The van der Waals surface area contributed by atoms with E-state index >= 15 is 0 Å². The van der Waals surface area contributed by atoms with Crippen LogP contribution >= 0.6 is 0 Å². The molecule has 0 saturated heterocycles. The second-order valence-electron chi connectivity index (χ2n) is 14.1. The first kappa shape index (κ1) is 28.8. The molecular weight excluding hydrogens is 585 g/mol. The Labute approximate surface area is 282 Å².